The highest BCUT2D eigenvalue weighted by atomic mass is 32.2. The predicted octanol–water partition coefficient (Wildman–Crippen LogP) is 1.08. The topological polar surface area (TPSA) is 87.7 Å². The third kappa shape index (κ3) is 4.38. The maximum absolute atomic E-state index is 11.8. The second kappa shape index (κ2) is 7.02. The lowest BCUT2D eigenvalue weighted by molar-refractivity contribution is -0.139. The molecule has 2 atom stereocenters. The minimum atomic E-state index is -0.876. The highest BCUT2D eigenvalue weighted by Gasteiger charge is 2.45. The van der Waals surface area contributed by atoms with E-state index in [1.54, 1.807) is 12.1 Å². The first-order chi connectivity index (χ1) is 10.4. The zero-order valence-electron chi connectivity index (χ0n) is 12.5. The first-order valence-electron chi connectivity index (χ1n) is 7.00. The number of para-hydroxylation sites is 1. The average molecular weight is 324 g/mol. The van der Waals surface area contributed by atoms with E-state index in [1.807, 2.05) is 32.0 Å². The third-order valence-corrected chi connectivity index (χ3v) is 4.77. The molecule has 1 heterocycles. The van der Waals surface area contributed by atoms with Gasteiger partial charge in [-0.2, -0.15) is 0 Å². The van der Waals surface area contributed by atoms with Crippen molar-refractivity contribution in [2.45, 2.75) is 30.0 Å². The van der Waals surface area contributed by atoms with E-state index >= 15 is 0 Å². The van der Waals surface area contributed by atoms with Crippen molar-refractivity contribution in [1.29, 1.82) is 0 Å². The van der Waals surface area contributed by atoms with Gasteiger partial charge in [-0.15, -0.1) is 11.8 Å². The van der Waals surface area contributed by atoms with Gasteiger partial charge in [0.25, 0.3) is 5.91 Å². The molecule has 1 aromatic rings. The molecule has 1 unspecified atom stereocenters. The second-order valence-corrected chi connectivity index (χ2v) is 7.41. The molecule has 1 fully saturated rings. The monoisotopic (exact) mass is 324 g/mol. The number of carboxylic acid groups (broad SMARTS) is 1. The molecule has 3 N–H and O–H groups in total. The number of carbonyl (C=O) groups is 2. The van der Waals surface area contributed by atoms with Gasteiger partial charge in [-0.05, 0) is 26.0 Å². The number of amides is 1. The molecule has 1 aliphatic rings. The minimum Gasteiger partial charge on any atom is -0.484 e. The largest absolute Gasteiger partial charge is 0.484 e. The lowest BCUT2D eigenvalue weighted by Gasteiger charge is -2.20. The normalized spacial score (nSPS) is 23.0. The lowest BCUT2D eigenvalue weighted by Crippen LogP contribution is -2.46. The Balaban J connectivity index is 1.74. The fraction of sp³-hybridized carbons (Fsp3) is 0.467. The van der Waals surface area contributed by atoms with Gasteiger partial charge in [0.1, 0.15) is 11.8 Å². The smallest absolute Gasteiger partial charge is 0.322 e. The molecular formula is C15H20N2O4S. The molecule has 1 saturated heterocycles. The molecule has 6 nitrogen and oxygen atoms in total. The molecule has 0 aromatic heterocycles. The number of rotatable bonds is 6. The summed E-state index contributed by atoms with van der Waals surface area (Å²) in [5.74, 6) is -0.473. The number of benzene rings is 1. The van der Waals surface area contributed by atoms with Crippen LogP contribution in [0.4, 0.5) is 0 Å². The average Bonchev–Trinajstić information content (AvgIpc) is 2.79. The number of carboxylic acids is 1. The quantitative estimate of drug-likeness (QED) is 0.726. The molecule has 1 aromatic carbocycles. The SMILES string of the molecule is CC1(C)S[C@H](CNC(=O)COc2ccccc2)NC1C(=O)O. The fourth-order valence-corrected chi connectivity index (χ4v) is 3.66. The van der Waals surface area contributed by atoms with E-state index in [0.717, 1.165) is 0 Å². The van der Waals surface area contributed by atoms with Gasteiger partial charge in [-0.1, -0.05) is 18.2 Å². The number of nitrogens with one attached hydrogen (secondary N) is 2. The van der Waals surface area contributed by atoms with E-state index < -0.39 is 16.8 Å². The van der Waals surface area contributed by atoms with Crippen molar-refractivity contribution in [3.63, 3.8) is 0 Å². The van der Waals surface area contributed by atoms with Crippen LogP contribution in [0.1, 0.15) is 13.8 Å². The van der Waals surface area contributed by atoms with Crippen LogP contribution in [-0.2, 0) is 9.59 Å². The van der Waals surface area contributed by atoms with Gasteiger partial charge in [0.15, 0.2) is 6.61 Å². The van der Waals surface area contributed by atoms with Crippen LogP contribution in [0.2, 0.25) is 0 Å². The minimum absolute atomic E-state index is 0.0623. The summed E-state index contributed by atoms with van der Waals surface area (Å²) in [4.78, 5) is 22.9. The Bertz CT molecular complexity index is 536. The van der Waals surface area contributed by atoms with E-state index in [2.05, 4.69) is 10.6 Å². The molecule has 0 spiro atoms. The second-order valence-electron chi connectivity index (χ2n) is 5.55. The molecule has 2 rings (SSSR count). The maximum Gasteiger partial charge on any atom is 0.322 e. The lowest BCUT2D eigenvalue weighted by atomic mass is 10.0. The number of ether oxygens (including phenoxy) is 1. The summed E-state index contributed by atoms with van der Waals surface area (Å²) in [5, 5.41) is 14.8. The van der Waals surface area contributed by atoms with Crippen molar-refractivity contribution in [1.82, 2.24) is 10.6 Å². The summed E-state index contributed by atoms with van der Waals surface area (Å²) in [6.45, 7) is 4.05. The molecule has 7 heteroatoms. The first-order valence-corrected chi connectivity index (χ1v) is 7.87. The number of hydrogen-bond donors (Lipinski definition) is 3. The van der Waals surface area contributed by atoms with Gasteiger partial charge in [-0.25, -0.2) is 0 Å². The van der Waals surface area contributed by atoms with Crippen LogP contribution >= 0.6 is 11.8 Å². The number of aliphatic carboxylic acids is 1. The van der Waals surface area contributed by atoms with E-state index in [4.69, 9.17) is 4.74 Å². The van der Waals surface area contributed by atoms with Crippen LogP contribution in [0.5, 0.6) is 5.75 Å². The summed E-state index contributed by atoms with van der Waals surface area (Å²) < 4.78 is 4.93. The van der Waals surface area contributed by atoms with E-state index in [-0.39, 0.29) is 17.9 Å². The molecule has 0 aliphatic carbocycles. The molecule has 0 bridgehead atoms. The van der Waals surface area contributed by atoms with Crippen LogP contribution in [0.15, 0.2) is 30.3 Å². The Labute approximate surface area is 133 Å². The molecule has 1 amide bonds. The van der Waals surface area contributed by atoms with Crippen LogP contribution in [-0.4, -0.2) is 46.3 Å². The summed E-state index contributed by atoms with van der Waals surface area (Å²) >= 11 is 1.51. The predicted molar refractivity (Wildman–Crippen MR) is 85.0 cm³/mol. The highest BCUT2D eigenvalue weighted by molar-refractivity contribution is 8.01. The van der Waals surface area contributed by atoms with E-state index in [1.165, 1.54) is 11.8 Å². The number of carbonyl (C=O) groups excluding carboxylic acids is 1. The zero-order chi connectivity index (χ0) is 16.2. The van der Waals surface area contributed by atoms with Gasteiger partial charge in [0, 0.05) is 11.3 Å². The number of thioether (sulfide) groups is 1. The van der Waals surface area contributed by atoms with Crippen molar-refractivity contribution >= 4 is 23.6 Å². The Morgan fingerprint density at radius 3 is 2.64 bits per heavy atom. The van der Waals surface area contributed by atoms with Crippen molar-refractivity contribution < 1.29 is 19.4 Å². The van der Waals surface area contributed by atoms with E-state index in [0.29, 0.717) is 12.3 Å². The zero-order valence-corrected chi connectivity index (χ0v) is 13.4. The van der Waals surface area contributed by atoms with Gasteiger partial charge in [0.05, 0.1) is 5.37 Å². The molecule has 1 aliphatic heterocycles. The Hall–Kier alpha value is -1.73. The summed E-state index contributed by atoms with van der Waals surface area (Å²) in [6.07, 6.45) is 0. The molecule has 120 valence electrons. The molecule has 22 heavy (non-hydrogen) atoms. The number of hydrogen-bond acceptors (Lipinski definition) is 5. The van der Waals surface area contributed by atoms with Gasteiger partial charge in [-0.3, -0.25) is 14.9 Å². The highest BCUT2D eigenvalue weighted by Crippen LogP contribution is 2.37. The standard InChI is InChI=1S/C15H20N2O4S/c1-15(2)13(14(19)20)17-12(22-15)8-16-11(18)9-21-10-6-4-3-5-7-10/h3-7,12-13,17H,8-9H2,1-2H3,(H,16,18)(H,19,20)/t12-,13?/m1/s1. The van der Waals surface area contributed by atoms with E-state index in [9.17, 15) is 14.7 Å². The molecule has 0 saturated carbocycles. The van der Waals surface area contributed by atoms with Crippen molar-refractivity contribution in [3.05, 3.63) is 30.3 Å². The summed E-state index contributed by atoms with van der Waals surface area (Å²) in [7, 11) is 0. The molecular weight excluding hydrogens is 304 g/mol. The summed E-state index contributed by atoms with van der Waals surface area (Å²) in [5.41, 5.74) is 0. The van der Waals surface area contributed by atoms with Crippen LogP contribution in [0.3, 0.4) is 0 Å². The van der Waals surface area contributed by atoms with Crippen molar-refractivity contribution in [2.75, 3.05) is 13.2 Å². The Morgan fingerprint density at radius 2 is 2.05 bits per heavy atom. The fourth-order valence-electron chi connectivity index (χ4n) is 2.25. The van der Waals surface area contributed by atoms with Crippen LogP contribution in [0.25, 0.3) is 0 Å². The Morgan fingerprint density at radius 1 is 1.36 bits per heavy atom. The van der Waals surface area contributed by atoms with Crippen LogP contribution < -0.4 is 15.4 Å². The molecule has 0 radical (unpaired) electrons. The van der Waals surface area contributed by atoms with Gasteiger partial charge >= 0.3 is 5.97 Å². The van der Waals surface area contributed by atoms with Crippen molar-refractivity contribution in [3.8, 4) is 5.75 Å². The van der Waals surface area contributed by atoms with Gasteiger partial charge < -0.3 is 15.2 Å². The maximum atomic E-state index is 11.8. The van der Waals surface area contributed by atoms with Gasteiger partial charge in [0.2, 0.25) is 0 Å². The van der Waals surface area contributed by atoms with Crippen LogP contribution in [0, 0.1) is 0 Å². The van der Waals surface area contributed by atoms with Crippen molar-refractivity contribution in [2.24, 2.45) is 0 Å². The first kappa shape index (κ1) is 16.6. The third-order valence-electron chi connectivity index (χ3n) is 3.34. The summed E-state index contributed by atoms with van der Waals surface area (Å²) in [6, 6.07) is 8.47. The Kier molecular flexibility index (Phi) is 5.31.